The van der Waals surface area contributed by atoms with E-state index in [4.69, 9.17) is 5.11 Å². The molecule has 4 heteroatoms. The summed E-state index contributed by atoms with van der Waals surface area (Å²) in [6.45, 7) is 5.25. The van der Waals surface area contributed by atoms with Crippen LogP contribution in [0.25, 0.3) is 0 Å². The van der Waals surface area contributed by atoms with Gasteiger partial charge >= 0.3 is 5.97 Å². The van der Waals surface area contributed by atoms with Gasteiger partial charge in [0.2, 0.25) is 0 Å². The van der Waals surface area contributed by atoms with Gasteiger partial charge in [-0.1, -0.05) is 6.07 Å². The molecule has 1 aromatic rings. The lowest BCUT2D eigenvalue weighted by Gasteiger charge is -2.22. The Bertz CT molecular complexity index is 339. The van der Waals surface area contributed by atoms with Gasteiger partial charge in [-0.3, -0.25) is 4.79 Å². The van der Waals surface area contributed by atoms with Crippen LogP contribution in [-0.2, 0) is 4.79 Å². The maximum Gasteiger partial charge on any atom is 0.305 e. The number of hydrogen-bond acceptors (Lipinski definition) is 3. The number of aromatic nitrogens is 1. The van der Waals surface area contributed by atoms with Crippen LogP contribution in [-0.4, -0.2) is 29.1 Å². The standard InChI is InChI=1S/C11H16N2O2/c1-3-13(8-6-10(14)15)11-9(2)5-4-7-12-11/h4-5,7H,3,6,8H2,1-2H3,(H,14,15). The number of rotatable bonds is 5. The summed E-state index contributed by atoms with van der Waals surface area (Å²) in [6, 6.07) is 3.86. The number of carboxylic acids is 1. The van der Waals surface area contributed by atoms with Gasteiger partial charge in [0.15, 0.2) is 0 Å². The molecule has 1 rings (SSSR count). The highest BCUT2D eigenvalue weighted by molar-refractivity contribution is 5.67. The summed E-state index contributed by atoms with van der Waals surface area (Å²) in [6.07, 6.45) is 1.87. The molecule has 4 nitrogen and oxygen atoms in total. The zero-order valence-electron chi connectivity index (χ0n) is 9.10. The van der Waals surface area contributed by atoms with E-state index in [1.54, 1.807) is 6.20 Å². The lowest BCUT2D eigenvalue weighted by atomic mass is 10.2. The van der Waals surface area contributed by atoms with Gasteiger partial charge in [-0.2, -0.15) is 0 Å². The first kappa shape index (κ1) is 11.5. The zero-order valence-corrected chi connectivity index (χ0v) is 9.10. The van der Waals surface area contributed by atoms with Crippen LogP contribution in [0.5, 0.6) is 0 Å². The van der Waals surface area contributed by atoms with Gasteiger partial charge in [0.05, 0.1) is 6.42 Å². The van der Waals surface area contributed by atoms with Gasteiger partial charge in [-0.05, 0) is 25.5 Å². The number of hydrogen-bond donors (Lipinski definition) is 1. The summed E-state index contributed by atoms with van der Waals surface area (Å²) < 4.78 is 0. The highest BCUT2D eigenvalue weighted by Gasteiger charge is 2.09. The summed E-state index contributed by atoms with van der Waals surface area (Å²) in [5.41, 5.74) is 1.07. The molecule has 15 heavy (non-hydrogen) atoms. The molecular formula is C11H16N2O2. The molecule has 0 unspecified atom stereocenters. The fourth-order valence-electron chi connectivity index (χ4n) is 1.45. The van der Waals surface area contributed by atoms with Crippen molar-refractivity contribution < 1.29 is 9.90 Å². The third kappa shape index (κ3) is 3.23. The van der Waals surface area contributed by atoms with Crippen LogP contribution in [0.2, 0.25) is 0 Å². The summed E-state index contributed by atoms with van der Waals surface area (Å²) in [4.78, 5) is 16.7. The Labute approximate surface area is 89.6 Å². The monoisotopic (exact) mass is 208 g/mol. The predicted molar refractivity (Wildman–Crippen MR) is 59.1 cm³/mol. The average Bonchev–Trinajstić information content (AvgIpc) is 2.21. The molecule has 82 valence electrons. The lowest BCUT2D eigenvalue weighted by Crippen LogP contribution is -2.27. The molecule has 1 aromatic heterocycles. The number of pyridine rings is 1. The highest BCUT2D eigenvalue weighted by atomic mass is 16.4. The van der Waals surface area contributed by atoms with Crippen molar-refractivity contribution in [3.63, 3.8) is 0 Å². The van der Waals surface area contributed by atoms with Crippen LogP contribution >= 0.6 is 0 Å². The molecule has 0 fully saturated rings. The molecule has 0 saturated carbocycles. The van der Waals surface area contributed by atoms with E-state index in [2.05, 4.69) is 4.98 Å². The second-order valence-corrected chi connectivity index (χ2v) is 3.37. The molecule has 0 amide bonds. The predicted octanol–water partition coefficient (Wildman–Crippen LogP) is 1.69. The van der Waals surface area contributed by atoms with Crippen molar-refractivity contribution in [3.05, 3.63) is 23.9 Å². The van der Waals surface area contributed by atoms with Gasteiger partial charge < -0.3 is 10.0 Å². The number of carboxylic acid groups (broad SMARTS) is 1. The van der Waals surface area contributed by atoms with Gasteiger partial charge in [-0.15, -0.1) is 0 Å². The van der Waals surface area contributed by atoms with E-state index in [1.165, 1.54) is 0 Å². The molecule has 0 aliphatic rings. The van der Waals surface area contributed by atoms with E-state index in [9.17, 15) is 4.79 Å². The Hall–Kier alpha value is -1.58. The second-order valence-electron chi connectivity index (χ2n) is 3.37. The Kier molecular flexibility index (Phi) is 4.09. The molecule has 0 radical (unpaired) electrons. The number of anilines is 1. The maximum absolute atomic E-state index is 10.5. The molecule has 0 spiro atoms. The maximum atomic E-state index is 10.5. The van der Waals surface area contributed by atoms with Crippen LogP contribution in [0.15, 0.2) is 18.3 Å². The zero-order chi connectivity index (χ0) is 11.3. The largest absolute Gasteiger partial charge is 0.481 e. The molecule has 0 aliphatic heterocycles. The number of nitrogens with zero attached hydrogens (tertiary/aromatic N) is 2. The minimum Gasteiger partial charge on any atom is -0.481 e. The molecule has 0 bridgehead atoms. The molecule has 0 aromatic carbocycles. The van der Waals surface area contributed by atoms with E-state index < -0.39 is 5.97 Å². The van der Waals surface area contributed by atoms with E-state index in [0.717, 1.165) is 17.9 Å². The smallest absolute Gasteiger partial charge is 0.305 e. The van der Waals surface area contributed by atoms with Crippen molar-refractivity contribution in [1.82, 2.24) is 4.98 Å². The van der Waals surface area contributed by atoms with Gasteiger partial charge in [0.1, 0.15) is 5.82 Å². The summed E-state index contributed by atoms with van der Waals surface area (Å²) in [7, 11) is 0. The minimum absolute atomic E-state index is 0.143. The molecular weight excluding hydrogens is 192 g/mol. The molecule has 1 heterocycles. The number of carbonyl (C=O) groups is 1. The topological polar surface area (TPSA) is 53.4 Å². The molecule has 0 atom stereocenters. The lowest BCUT2D eigenvalue weighted by molar-refractivity contribution is -0.136. The van der Waals surface area contributed by atoms with Crippen molar-refractivity contribution >= 4 is 11.8 Å². The fraction of sp³-hybridized carbons (Fsp3) is 0.455. The van der Waals surface area contributed by atoms with Crippen molar-refractivity contribution in [2.24, 2.45) is 0 Å². The third-order valence-electron chi connectivity index (χ3n) is 2.26. The summed E-state index contributed by atoms with van der Waals surface area (Å²) >= 11 is 0. The summed E-state index contributed by atoms with van der Waals surface area (Å²) in [5, 5.41) is 8.63. The second kappa shape index (κ2) is 5.34. The van der Waals surface area contributed by atoms with Crippen molar-refractivity contribution in [2.75, 3.05) is 18.0 Å². The number of aliphatic carboxylic acids is 1. The van der Waals surface area contributed by atoms with Gasteiger partial charge in [0.25, 0.3) is 0 Å². The van der Waals surface area contributed by atoms with E-state index >= 15 is 0 Å². The van der Waals surface area contributed by atoms with Crippen molar-refractivity contribution in [3.8, 4) is 0 Å². The van der Waals surface area contributed by atoms with Gasteiger partial charge in [0, 0.05) is 19.3 Å². The Morgan fingerprint density at radius 2 is 2.33 bits per heavy atom. The Morgan fingerprint density at radius 1 is 1.60 bits per heavy atom. The van der Waals surface area contributed by atoms with Crippen LogP contribution < -0.4 is 4.90 Å². The SMILES string of the molecule is CCN(CCC(=O)O)c1ncccc1C. The quantitative estimate of drug-likeness (QED) is 0.800. The Morgan fingerprint density at radius 3 is 2.87 bits per heavy atom. The molecule has 1 N–H and O–H groups in total. The van der Waals surface area contributed by atoms with E-state index in [0.29, 0.717) is 6.54 Å². The fourth-order valence-corrected chi connectivity index (χ4v) is 1.45. The van der Waals surface area contributed by atoms with Gasteiger partial charge in [-0.25, -0.2) is 4.98 Å². The van der Waals surface area contributed by atoms with E-state index in [-0.39, 0.29) is 6.42 Å². The molecule has 0 aliphatic carbocycles. The minimum atomic E-state index is -0.776. The third-order valence-corrected chi connectivity index (χ3v) is 2.26. The first-order valence-electron chi connectivity index (χ1n) is 5.03. The van der Waals surface area contributed by atoms with Crippen LogP contribution in [0.4, 0.5) is 5.82 Å². The average molecular weight is 208 g/mol. The van der Waals surface area contributed by atoms with Crippen molar-refractivity contribution in [2.45, 2.75) is 20.3 Å². The van der Waals surface area contributed by atoms with Crippen LogP contribution in [0.1, 0.15) is 18.9 Å². The normalized spacial score (nSPS) is 10.0. The van der Waals surface area contributed by atoms with Crippen LogP contribution in [0.3, 0.4) is 0 Å². The number of aryl methyl sites for hydroxylation is 1. The Balaban J connectivity index is 2.74. The molecule has 0 saturated heterocycles. The van der Waals surface area contributed by atoms with E-state index in [1.807, 2.05) is 30.9 Å². The van der Waals surface area contributed by atoms with Crippen molar-refractivity contribution in [1.29, 1.82) is 0 Å². The summed E-state index contributed by atoms with van der Waals surface area (Å²) in [5.74, 6) is 0.100. The first-order chi connectivity index (χ1) is 7.15. The van der Waals surface area contributed by atoms with Crippen LogP contribution in [0, 0.1) is 6.92 Å². The highest BCUT2D eigenvalue weighted by Crippen LogP contribution is 2.15. The first-order valence-corrected chi connectivity index (χ1v) is 5.03.